The summed E-state index contributed by atoms with van der Waals surface area (Å²) in [4.78, 5) is 14.9. The molecule has 4 nitrogen and oxygen atoms in total. The Balaban J connectivity index is 1.74. The molecule has 2 fully saturated rings. The van der Waals surface area contributed by atoms with Crippen molar-refractivity contribution in [2.75, 3.05) is 26.2 Å². The van der Waals surface area contributed by atoms with Crippen LogP contribution in [0.15, 0.2) is 30.3 Å². The third-order valence-electron chi connectivity index (χ3n) is 4.75. The number of nitrogens with one attached hydrogen (secondary N) is 1. The molecule has 1 saturated heterocycles. The molecule has 3 rings (SSSR count). The van der Waals surface area contributed by atoms with Crippen molar-refractivity contribution >= 4 is 5.91 Å². The third kappa shape index (κ3) is 2.97. The predicted molar refractivity (Wildman–Crippen MR) is 82.0 cm³/mol. The normalized spacial score (nSPS) is 23.0. The second kappa shape index (κ2) is 6.16. The quantitative estimate of drug-likeness (QED) is 0.829. The summed E-state index contributed by atoms with van der Waals surface area (Å²) in [5.74, 6) is 0.191. The number of benzene rings is 1. The molecule has 0 spiro atoms. The van der Waals surface area contributed by atoms with Gasteiger partial charge in [0.05, 0.1) is 12.0 Å². The minimum atomic E-state index is -0.324. The van der Waals surface area contributed by atoms with Crippen LogP contribution in [-0.2, 0) is 10.2 Å². The van der Waals surface area contributed by atoms with Crippen LogP contribution in [0.4, 0.5) is 0 Å². The second-order valence-electron chi connectivity index (χ2n) is 6.22. The van der Waals surface area contributed by atoms with Crippen molar-refractivity contribution in [2.24, 2.45) is 0 Å². The topological polar surface area (TPSA) is 52.6 Å². The Bertz CT molecular complexity index is 479. The molecule has 1 saturated carbocycles. The largest absolute Gasteiger partial charge is 0.395 e. The lowest BCUT2D eigenvalue weighted by atomic mass is 9.94. The standard InChI is InChI=1S/C17H24N2O2/c20-12-11-19(13-15-7-4-10-18-15)16(21)17(8-9-17)14-5-2-1-3-6-14/h1-3,5-6,15,18,20H,4,7-13H2. The Morgan fingerprint density at radius 2 is 2.10 bits per heavy atom. The number of carbonyl (C=O) groups is 1. The van der Waals surface area contributed by atoms with Crippen molar-refractivity contribution in [3.05, 3.63) is 35.9 Å². The smallest absolute Gasteiger partial charge is 0.233 e. The summed E-state index contributed by atoms with van der Waals surface area (Å²) in [6.07, 6.45) is 4.15. The van der Waals surface area contributed by atoms with Crippen molar-refractivity contribution in [3.63, 3.8) is 0 Å². The zero-order chi connectivity index (χ0) is 14.7. The molecule has 1 amide bonds. The Labute approximate surface area is 126 Å². The van der Waals surface area contributed by atoms with E-state index in [1.165, 1.54) is 6.42 Å². The van der Waals surface area contributed by atoms with Crippen LogP contribution >= 0.6 is 0 Å². The van der Waals surface area contributed by atoms with E-state index in [1.54, 1.807) is 0 Å². The molecule has 1 atom stereocenters. The fraction of sp³-hybridized carbons (Fsp3) is 0.588. The molecular formula is C17H24N2O2. The summed E-state index contributed by atoms with van der Waals surface area (Å²) in [5, 5.41) is 12.7. The fourth-order valence-corrected chi connectivity index (χ4v) is 3.39. The molecule has 1 aromatic rings. The Hall–Kier alpha value is -1.39. The zero-order valence-corrected chi connectivity index (χ0v) is 12.4. The van der Waals surface area contributed by atoms with Gasteiger partial charge in [0, 0.05) is 19.1 Å². The van der Waals surface area contributed by atoms with Crippen molar-refractivity contribution < 1.29 is 9.90 Å². The van der Waals surface area contributed by atoms with Crippen molar-refractivity contribution in [1.29, 1.82) is 0 Å². The first-order chi connectivity index (χ1) is 10.3. The number of nitrogens with zero attached hydrogens (tertiary/aromatic N) is 1. The highest BCUT2D eigenvalue weighted by molar-refractivity contribution is 5.91. The summed E-state index contributed by atoms with van der Waals surface area (Å²) in [7, 11) is 0. The van der Waals surface area contributed by atoms with E-state index in [4.69, 9.17) is 0 Å². The minimum Gasteiger partial charge on any atom is -0.395 e. The first kappa shape index (κ1) is 14.5. The average molecular weight is 288 g/mol. The molecule has 0 radical (unpaired) electrons. The first-order valence-electron chi connectivity index (χ1n) is 7.95. The summed E-state index contributed by atoms with van der Waals surface area (Å²) < 4.78 is 0. The van der Waals surface area contributed by atoms with E-state index in [9.17, 15) is 9.90 Å². The monoisotopic (exact) mass is 288 g/mol. The Morgan fingerprint density at radius 3 is 2.67 bits per heavy atom. The molecule has 21 heavy (non-hydrogen) atoms. The van der Waals surface area contributed by atoms with Gasteiger partial charge in [-0.2, -0.15) is 0 Å². The van der Waals surface area contributed by atoms with E-state index in [0.717, 1.165) is 31.4 Å². The van der Waals surface area contributed by atoms with Crippen LogP contribution in [0.1, 0.15) is 31.2 Å². The third-order valence-corrected chi connectivity index (χ3v) is 4.75. The zero-order valence-electron chi connectivity index (χ0n) is 12.4. The molecular weight excluding hydrogens is 264 g/mol. The van der Waals surface area contributed by atoms with Gasteiger partial charge < -0.3 is 15.3 Å². The van der Waals surface area contributed by atoms with Gasteiger partial charge in [-0.3, -0.25) is 4.79 Å². The maximum atomic E-state index is 13.0. The number of carbonyl (C=O) groups excluding carboxylic acids is 1. The van der Waals surface area contributed by atoms with Crippen LogP contribution in [0, 0.1) is 0 Å². The molecule has 4 heteroatoms. The maximum absolute atomic E-state index is 13.0. The molecule has 1 aliphatic heterocycles. The second-order valence-corrected chi connectivity index (χ2v) is 6.22. The Morgan fingerprint density at radius 1 is 1.33 bits per heavy atom. The van der Waals surface area contributed by atoms with Gasteiger partial charge in [-0.05, 0) is 37.8 Å². The van der Waals surface area contributed by atoms with E-state index in [2.05, 4.69) is 17.4 Å². The number of hydrogen-bond acceptors (Lipinski definition) is 3. The summed E-state index contributed by atoms with van der Waals surface area (Å²) in [5.41, 5.74) is 0.798. The number of aliphatic hydroxyl groups is 1. The molecule has 1 heterocycles. The van der Waals surface area contributed by atoms with E-state index in [0.29, 0.717) is 19.1 Å². The minimum absolute atomic E-state index is 0.0311. The van der Waals surface area contributed by atoms with Gasteiger partial charge >= 0.3 is 0 Å². The number of hydrogen-bond donors (Lipinski definition) is 2. The lowest BCUT2D eigenvalue weighted by Gasteiger charge is -2.29. The maximum Gasteiger partial charge on any atom is 0.233 e. The van der Waals surface area contributed by atoms with Crippen molar-refractivity contribution in [3.8, 4) is 0 Å². The summed E-state index contributed by atoms with van der Waals surface area (Å²) in [6.45, 7) is 2.22. The number of aliphatic hydroxyl groups excluding tert-OH is 1. The lowest BCUT2D eigenvalue weighted by Crippen LogP contribution is -2.46. The highest BCUT2D eigenvalue weighted by Crippen LogP contribution is 2.49. The van der Waals surface area contributed by atoms with E-state index < -0.39 is 0 Å². The van der Waals surface area contributed by atoms with E-state index in [-0.39, 0.29) is 17.9 Å². The van der Waals surface area contributed by atoms with Gasteiger partial charge in [-0.15, -0.1) is 0 Å². The van der Waals surface area contributed by atoms with Gasteiger partial charge in [0.2, 0.25) is 5.91 Å². The molecule has 1 aromatic carbocycles. The van der Waals surface area contributed by atoms with Crippen LogP contribution in [-0.4, -0.2) is 48.2 Å². The van der Waals surface area contributed by atoms with Gasteiger partial charge in [-0.1, -0.05) is 30.3 Å². The van der Waals surface area contributed by atoms with Crippen LogP contribution in [0.3, 0.4) is 0 Å². The lowest BCUT2D eigenvalue weighted by molar-refractivity contribution is -0.134. The number of amides is 1. The summed E-state index contributed by atoms with van der Waals surface area (Å²) in [6, 6.07) is 10.5. The van der Waals surface area contributed by atoms with Crippen molar-refractivity contribution in [1.82, 2.24) is 10.2 Å². The molecule has 114 valence electrons. The molecule has 2 aliphatic rings. The highest BCUT2D eigenvalue weighted by atomic mass is 16.3. The SMILES string of the molecule is O=C(N(CCO)CC1CCCN1)C1(c2ccccc2)CC1. The molecule has 0 aromatic heterocycles. The Kier molecular flexibility index (Phi) is 4.27. The van der Waals surface area contributed by atoms with E-state index >= 15 is 0 Å². The van der Waals surface area contributed by atoms with Gasteiger partial charge in [0.1, 0.15) is 0 Å². The predicted octanol–water partition coefficient (Wildman–Crippen LogP) is 1.29. The van der Waals surface area contributed by atoms with Gasteiger partial charge in [-0.25, -0.2) is 0 Å². The van der Waals surface area contributed by atoms with Crippen LogP contribution in [0.5, 0.6) is 0 Å². The van der Waals surface area contributed by atoms with Gasteiger partial charge in [0.25, 0.3) is 0 Å². The van der Waals surface area contributed by atoms with Crippen LogP contribution < -0.4 is 5.32 Å². The highest BCUT2D eigenvalue weighted by Gasteiger charge is 2.52. The van der Waals surface area contributed by atoms with Crippen LogP contribution in [0.2, 0.25) is 0 Å². The van der Waals surface area contributed by atoms with Crippen LogP contribution in [0.25, 0.3) is 0 Å². The molecule has 1 aliphatic carbocycles. The van der Waals surface area contributed by atoms with E-state index in [1.807, 2.05) is 23.1 Å². The average Bonchev–Trinajstić information content (AvgIpc) is 3.18. The molecule has 0 bridgehead atoms. The number of rotatable bonds is 6. The van der Waals surface area contributed by atoms with Crippen molar-refractivity contribution in [2.45, 2.75) is 37.1 Å². The van der Waals surface area contributed by atoms with Gasteiger partial charge in [0.15, 0.2) is 0 Å². The fourth-order valence-electron chi connectivity index (χ4n) is 3.39. The molecule has 1 unspecified atom stereocenters. The molecule has 2 N–H and O–H groups in total. The summed E-state index contributed by atoms with van der Waals surface area (Å²) >= 11 is 0. The first-order valence-corrected chi connectivity index (χ1v) is 7.95.